The summed E-state index contributed by atoms with van der Waals surface area (Å²) in [5.74, 6) is 0.528. The Kier molecular flexibility index (Phi) is 4.84. The fraction of sp³-hybridized carbons (Fsp3) is 0.500. The van der Waals surface area contributed by atoms with Crippen LogP contribution in [0.5, 0.6) is 0 Å². The fourth-order valence-corrected chi connectivity index (χ4v) is 2.81. The van der Waals surface area contributed by atoms with Gasteiger partial charge in [-0.3, -0.25) is 4.79 Å². The lowest BCUT2D eigenvalue weighted by Crippen LogP contribution is -2.45. The van der Waals surface area contributed by atoms with Crippen molar-refractivity contribution in [3.8, 4) is 0 Å². The van der Waals surface area contributed by atoms with Crippen LogP contribution >= 0.6 is 0 Å². The van der Waals surface area contributed by atoms with E-state index in [1.54, 1.807) is 19.1 Å². The average Bonchev–Trinajstić information content (AvgIpc) is 3.33. The first-order valence-electron chi connectivity index (χ1n) is 8.08. The van der Waals surface area contributed by atoms with Gasteiger partial charge >= 0.3 is 0 Å². The molecule has 2 aromatic rings. The van der Waals surface area contributed by atoms with Crippen molar-refractivity contribution < 1.29 is 9.18 Å². The second kappa shape index (κ2) is 7.04. The molecule has 1 aromatic heterocycles. The smallest absolute Gasteiger partial charge is 0.245 e. The van der Waals surface area contributed by atoms with E-state index >= 15 is 0 Å². The van der Waals surface area contributed by atoms with Crippen molar-refractivity contribution in [2.45, 2.75) is 38.3 Å². The lowest BCUT2D eigenvalue weighted by molar-refractivity contribution is -0.125. The van der Waals surface area contributed by atoms with E-state index in [1.165, 1.54) is 16.8 Å². The van der Waals surface area contributed by atoms with Gasteiger partial charge in [0.05, 0.1) is 0 Å². The third kappa shape index (κ3) is 3.76. The van der Waals surface area contributed by atoms with Crippen LogP contribution in [0.2, 0.25) is 0 Å². The van der Waals surface area contributed by atoms with Gasteiger partial charge in [0.1, 0.15) is 17.7 Å². The Morgan fingerprint density at radius 3 is 2.67 bits per heavy atom. The van der Waals surface area contributed by atoms with Gasteiger partial charge < -0.3 is 11.1 Å². The number of tetrazole rings is 1. The second-order valence-electron chi connectivity index (χ2n) is 6.21. The maximum absolute atomic E-state index is 13.1. The predicted molar refractivity (Wildman–Crippen MR) is 85.4 cm³/mol. The van der Waals surface area contributed by atoms with Crippen LogP contribution in [0.1, 0.15) is 30.3 Å². The number of carbonyl (C=O) groups is 1. The lowest BCUT2D eigenvalue weighted by atomic mass is 10.0. The quantitative estimate of drug-likeness (QED) is 0.780. The highest BCUT2D eigenvalue weighted by Crippen LogP contribution is 2.32. The third-order valence-electron chi connectivity index (χ3n) is 4.37. The fourth-order valence-electron chi connectivity index (χ4n) is 2.81. The normalized spacial score (nSPS) is 16.6. The molecule has 1 aliphatic carbocycles. The van der Waals surface area contributed by atoms with Crippen molar-refractivity contribution in [3.05, 3.63) is 41.5 Å². The van der Waals surface area contributed by atoms with E-state index < -0.39 is 6.04 Å². The second-order valence-corrected chi connectivity index (χ2v) is 6.21. The summed E-state index contributed by atoms with van der Waals surface area (Å²) in [7, 11) is 0. The molecule has 2 atom stereocenters. The maximum Gasteiger partial charge on any atom is 0.245 e. The molecule has 1 aromatic carbocycles. The van der Waals surface area contributed by atoms with Gasteiger partial charge in [-0.15, -0.1) is 5.10 Å². The molecule has 24 heavy (non-hydrogen) atoms. The molecule has 7 nitrogen and oxygen atoms in total. The Bertz CT molecular complexity index is 697. The number of hydrogen-bond donors (Lipinski definition) is 2. The molecular formula is C16H21FN6O. The Balaban J connectivity index is 1.80. The van der Waals surface area contributed by atoms with Crippen molar-refractivity contribution in [1.82, 2.24) is 25.5 Å². The molecule has 1 aliphatic rings. The molecule has 128 valence electrons. The minimum absolute atomic E-state index is 0.0231. The molecule has 8 heteroatoms. The molecule has 0 saturated heterocycles. The van der Waals surface area contributed by atoms with Gasteiger partial charge in [-0.1, -0.05) is 12.1 Å². The zero-order chi connectivity index (χ0) is 17.1. The first kappa shape index (κ1) is 16.5. The van der Waals surface area contributed by atoms with Gasteiger partial charge in [0.25, 0.3) is 0 Å². The van der Waals surface area contributed by atoms with Crippen LogP contribution in [0.25, 0.3) is 0 Å². The first-order valence-corrected chi connectivity index (χ1v) is 8.08. The molecular weight excluding hydrogens is 311 g/mol. The number of nitrogens with zero attached hydrogens (tertiary/aromatic N) is 4. The van der Waals surface area contributed by atoms with Gasteiger partial charge in [0.2, 0.25) is 5.91 Å². The molecule has 1 fully saturated rings. The molecule has 1 heterocycles. The minimum Gasteiger partial charge on any atom is -0.350 e. The van der Waals surface area contributed by atoms with Crippen LogP contribution in [-0.2, 0) is 11.2 Å². The van der Waals surface area contributed by atoms with Crippen LogP contribution in [0, 0.1) is 18.7 Å². The van der Waals surface area contributed by atoms with Gasteiger partial charge in [-0.05, 0) is 53.8 Å². The number of benzene rings is 1. The van der Waals surface area contributed by atoms with Gasteiger partial charge in [-0.2, -0.15) is 0 Å². The summed E-state index contributed by atoms with van der Waals surface area (Å²) >= 11 is 0. The molecule has 1 saturated carbocycles. The molecule has 3 N–H and O–H groups in total. The Morgan fingerprint density at radius 2 is 2.12 bits per heavy atom. The molecule has 1 amide bonds. The largest absolute Gasteiger partial charge is 0.350 e. The summed E-state index contributed by atoms with van der Waals surface area (Å²) in [4.78, 5) is 12.8. The summed E-state index contributed by atoms with van der Waals surface area (Å²) in [6, 6.07) is 5.46. The number of hydrogen-bond acceptors (Lipinski definition) is 5. The number of amides is 1. The first-order chi connectivity index (χ1) is 11.6. The summed E-state index contributed by atoms with van der Waals surface area (Å²) in [5, 5.41) is 14.4. The Labute approximate surface area is 139 Å². The zero-order valence-corrected chi connectivity index (χ0v) is 13.5. The van der Waals surface area contributed by atoms with Crippen molar-refractivity contribution in [3.63, 3.8) is 0 Å². The van der Waals surface area contributed by atoms with Gasteiger partial charge in [0, 0.05) is 19.0 Å². The van der Waals surface area contributed by atoms with Crippen molar-refractivity contribution in [2.75, 3.05) is 6.54 Å². The Hall–Kier alpha value is -2.35. The standard InChI is InChI=1S/C16H21FN6O/c1-10-20-21-22-23(10)15(8-11-2-6-13(17)7-3-11)16(24)19-14(9-18)12-4-5-12/h2-3,6-7,12,14-15H,4-5,8-9,18H2,1H3,(H,19,24). The van der Waals surface area contributed by atoms with E-state index in [0.29, 0.717) is 24.7 Å². The number of nitrogens with two attached hydrogens (primary N) is 1. The SMILES string of the molecule is Cc1nnnn1C(Cc1ccc(F)cc1)C(=O)NC(CN)C1CC1. The predicted octanol–water partition coefficient (Wildman–Crippen LogP) is 0.758. The molecule has 3 rings (SSSR count). The maximum atomic E-state index is 13.1. The number of carbonyl (C=O) groups excluding carboxylic acids is 1. The van der Waals surface area contributed by atoms with Gasteiger partial charge in [-0.25, -0.2) is 9.07 Å². The number of halogens is 1. The van der Waals surface area contributed by atoms with E-state index in [0.717, 1.165) is 18.4 Å². The highest BCUT2D eigenvalue weighted by Gasteiger charge is 2.33. The highest BCUT2D eigenvalue weighted by atomic mass is 19.1. The van der Waals surface area contributed by atoms with Crippen LogP contribution in [0.4, 0.5) is 4.39 Å². The summed E-state index contributed by atoms with van der Waals surface area (Å²) < 4.78 is 14.6. The molecule has 0 spiro atoms. The van der Waals surface area contributed by atoms with E-state index in [1.807, 2.05) is 0 Å². The highest BCUT2D eigenvalue weighted by molar-refractivity contribution is 5.81. The third-order valence-corrected chi connectivity index (χ3v) is 4.37. The minimum atomic E-state index is -0.599. The van der Waals surface area contributed by atoms with Crippen molar-refractivity contribution >= 4 is 5.91 Å². The monoisotopic (exact) mass is 332 g/mol. The topological polar surface area (TPSA) is 98.7 Å². The average molecular weight is 332 g/mol. The number of aryl methyl sites for hydroxylation is 1. The lowest BCUT2D eigenvalue weighted by Gasteiger charge is -2.22. The Morgan fingerprint density at radius 1 is 1.42 bits per heavy atom. The number of nitrogens with one attached hydrogen (secondary N) is 1. The summed E-state index contributed by atoms with van der Waals surface area (Å²) in [5.41, 5.74) is 6.61. The summed E-state index contributed by atoms with van der Waals surface area (Å²) in [6.45, 7) is 2.15. The van der Waals surface area contributed by atoms with E-state index in [9.17, 15) is 9.18 Å². The zero-order valence-electron chi connectivity index (χ0n) is 13.5. The summed E-state index contributed by atoms with van der Waals surface area (Å²) in [6.07, 6.45) is 2.56. The van der Waals surface area contributed by atoms with Crippen LogP contribution in [0.3, 0.4) is 0 Å². The van der Waals surface area contributed by atoms with Crippen LogP contribution < -0.4 is 11.1 Å². The number of rotatable bonds is 7. The molecule has 0 bridgehead atoms. The van der Waals surface area contributed by atoms with Crippen LogP contribution in [-0.4, -0.2) is 38.7 Å². The molecule has 2 unspecified atom stereocenters. The number of aromatic nitrogens is 4. The van der Waals surface area contributed by atoms with E-state index in [2.05, 4.69) is 20.8 Å². The van der Waals surface area contributed by atoms with E-state index in [-0.39, 0.29) is 17.8 Å². The van der Waals surface area contributed by atoms with Crippen molar-refractivity contribution in [1.29, 1.82) is 0 Å². The molecule has 0 radical (unpaired) electrons. The van der Waals surface area contributed by atoms with Gasteiger partial charge in [0.15, 0.2) is 0 Å². The van der Waals surface area contributed by atoms with Crippen molar-refractivity contribution in [2.24, 2.45) is 11.7 Å². The molecule has 0 aliphatic heterocycles. The van der Waals surface area contributed by atoms with Crippen LogP contribution in [0.15, 0.2) is 24.3 Å². The van der Waals surface area contributed by atoms with E-state index in [4.69, 9.17) is 5.73 Å².